The van der Waals surface area contributed by atoms with Crippen molar-refractivity contribution < 1.29 is 14.3 Å². The van der Waals surface area contributed by atoms with Gasteiger partial charge in [-0.1, -0.05) is 71.1 Å². The minimum Gasteiger partial charge on any atom is -0.467 e. The summed E-state index contributed by atoms with van der Waals surface area (Å²) >= 11 is 0. The first kappa shape index (κ1) is 24.9. The molecule has 1 atom stereocenters. The van der Waals surface area contributed by atoms with Crippen molar-refractivity contribution in [3.63, 3.8) is 0 Å². The highest BCUT2D eigenvalue weighted by Crippen LogP contribution is 2.12. The molecule has 0 spiro atoms. The normalized spacial score (nSPS) is 12.0. The molecule has 3 N–H and O–H groups in total. The zero-order chi connectivity index (χ0) is 19.5. The lowest BCUT2D eigenvalue weighted by Gasteiger charge is -2.16. The van der Waals surface area contributed by atoms with Gasteiger partial charge in [0, 0.05) is 6.42 Å². The molecule has 0 aliphatic carbocycles. The third kappa shape index (κ3) is 15.2. The fourth-order valence-corrected chi connectivity index (χ4v) is 3.10. The Hall–Kier alpha value is -1.10. The lowest BCUT2D eigenvalue weighted by molar-refractivity contribution is -0.145. The van der Waals surface area contributed by atoms with Gasteiger partial charge < -0.3 is 15.8 Å². The average molecular weight is 371 g/mol. The molecule has 0 aromatic rings. The molecule has 0 saturated carbocycles. The lowest BCUT2D eigenvalue weighted by Crippen LogP contribution is -2.41. The second-order valence-corrected chi connectivity index (χ2v) is 7.21. The molecule has 0 radical (unpaired) electrons. The third-order valence-electron chi connectivity index (χ3n) is 4.78. The van der Waals surface area contributed by atoms with Crippen molar-refractivity contribution in [1.29, 1.82) is 0 Å². The number of methoxy groups -OCH3 is 1. The highest BCUT2D eigenvalue weighted by atomic mass is 16.5. The van der Waals surface area contributed by atoms with Crippen LogP contribution in [0.25, 0.3) is 0 Å². The average Bonchev–Trinajstić information content (AvgIpc) is 2.64. The van der Waals surface area contributed by atoms with E-state index in [1.807, 2.05) is 0 Å². The van der Waals surface area contributed by atoms with Crippen LogP contribution in [0.5, 0.6) is 0 Å². The molecule has 26 heavy (non-hydrogen) atoms. The first-order valence-electron chi connectivity index (χ1n) is 10.7. The number of hydrogen-bond acceptors (Lipinski definition) is 4. The summed E-state index contributed by atoms with van der Waals surface area (Å²) in [4.78, 5) is 23.8. The fraction of sp³-hybridized carbons (Fsp3) is 0.905. The molecular weight excluding hydrogens is 328 g/mol. The van der Waals surface area contributed by atoms with Crippen molar-refractivity contribution in [2.75, 3.05) is 13.7 Å². The SMILES string of the molecule is CCCCCCCCCCCCCC(=O)N[C@@H](CCCCN)C(=O)OC. The van der Waals surface area contributed by atoms with Crippen LogP contribution in [-0.4, -0.2) is 31.6 Å². The Labute approximate surface area is 160 Å². The van der Waals surface area contributed by atoms with Crippen LogP contribution in [0.2, 0.25) is 0 Å². The van der Waals surface area contributed by atoms with Gasteiger partial charge in [0.05, 0.1) is 7.11 Å². The molecule has 0 unspecified atom stereocenters. The first-order valence-corrected chi connectivity index (χ1v) is 10.7. The summed E-state index contributed by atoms with van der Waals surface area (Å²) in [5, 5.41) is 2.81. The maximum atomic E-state index is 12.0. The van der Waals surface area contributed by atoms with Gasteiger partial charge in [-0.05, 0) is 32.2 Å². The number of unbranched alkanes of at least 4 members (excludes halogenated alkanes) is 11. The molecule has 5 nitrogen and oxygen atoms in total. The van der Waals surface area contributed by atoms with Gasteiger partial charge in [-0.15, -0.1) is 0 Å². The van der Waals surface area contributed by atoms with Gasteiger partial charge in [0.2, 0.25) is 5.91 Å². The van der Waals surface area contributed by atoms with E-state index in [9.17, 15) is 9.59 Å². The maximum absolute atomic E-state index is 12.0. The number of carbonyl (C=O) groups excluding carboxylic acids is 2. The molecule has 0 rings (SSSR count). The predicted octanol–water partition coefficient (Wildman–Crippen LogP) is 4.47. The molecular formula is C21H42N2O3. The van der Waals surface area contributed by atoms with E-state index in [-0.39, 0.29) is 11.9 Å². The number of carbonyl (C=O) groups is 2. The van der Waals surface area contributed by atoms with Crippen molar-refractivity contribution in [3.05, 3.63) is 0 Å². The highest BCUT2D eigenvalue weighted by molar-refractivity contribution is 5.84. The van der Waals surface area contributed by atoms with Crippen LogP contribution in [0.15, 0.2) is 0 Å². The van der Waals surface area contributed by atoms with E-state index in [0.29, 0.717) is 19.4 Å². The van der Waals surface area contributed by atoms with Crippen molar-refractivity contribution in [2.45, 2.75) is 109 Å². The molecule has 0 saturated heterocycles. The number of nitrogens with two attached hydrogens (primary N) is 1. The van der Waals surface area contributed by atoms with E-state index < -0.39 is 6.04 Å². The van der Waals surface area contributed by atoms with Crippen LogP contribution in [-0.2, 0) is 14.3 Å². The second-order valence-electron chi connectivity index (χ2n) is 7.21. The molecule has 1 amide bonds. The number of ether oxygens (including phenoxy) is 1. The van der Waals surface area contributed by atoms with Crippen LogP contribution in [0, 0.1) is 0 Å². The summed E-state index contributed by atoms with van der Waals surface area (Å²) in [6.07, 6.45) is 16.6. The smallest absolute Gasteiger partial charge is 0.328 e. The monoisotopic (exact) mass is 370 g/mol. The van der Waals surface area contributed by atoms with Gasteiger partial charge in [0.15, 0.2) is 0 Å². The van der Waals surface area contributed by atoms with Crippen molar-refractivity contribution >= 4 is 11.9 Å². The van der Waals surface area contributed by atoms with E-state index in [2.05, 4.69) is 12.2 Å². The van der Waals surface area contributed by atoms with Crippen LogP contribution < -0.4 is 11.1 Å². The Morgan fingerprint density at radius 2 is 1.38 bits per heavy atom. The molecule has 0 aliphatic heterocycles. The first-order chi connectivity index (χ1) is 12.7. The largest absolute Gasteiger partial charge is 0.467 e. The summed E-state index contributed by atoms with van der Waals surface area (Å²) in [5.41, 5.74) is 5.47. The van der Waals surface area contributed by atoms with Crippen molar-refractivity contribution in [1.82, 2.24) is 5.32 Å². The Kier molecular flexibility index (Phi) is 17.9. The van der Waals surface area contributed by atoms with E-state index in [1.54, 1.807) is 0 Å². The van der Waals surface area contributed by atoms with Crippen molar-refractivity contribution in [2.24, 2.45) is 5.73 Å². The minimum atomic E-state index is -0.535. The maximum Gasteiger partial charge on any atom is 0.328 e. The number of esters is 1. The Morgan fingerprint density at radius 1 is 0.846 bits per heavy atom. The van der Waals surface area contributed by atoms with Gasteiger partial charge in [0.1, 0.15) is 6.04 Å². The Balaban J connectivity index is 3.65. The molecule has 5 heteroatoms. The molecule has 0 aromatic carbocycles. The number of rotatable bonds is 18. The number of nitrogens with one attached hydrogen (secondary N) is 1. The van der Waals surface area contributed by atoms with Gasteiger partial charge in [-0.3, -0.25) is 4.79 Å². The van der Waals surface area contributed by atoms with Crippen LogP contribution in [0.4, 0.5) is 0 Å². The molecule has 0 heterocycles. The zero-order valence-electron chi connectivity index (χ0n) is 17.2. The Bertz CT molecular complexity index is 348. The van der Waals surface area contributed by atoms with Gasteiger partial charge in [-0.25, -0.2) is 4.79 Å². The predicted molar refractivity (Wildman–Crippen MR) is 108 cm³/mol. The van der Waals surface area contributed by atoms with Gasteiger partial charge >= 0.3 is 5.97 Å². The molecule has 0 aliphatic rings. The molecule has 0 aromatic heterocycles. The summed E-state index contributed by atoms with van der Waals surface area (Å²) in [6.45, 7) is 2.85. The van der Waals surface area contributed by atoms with Crippen molar-refractivity contribution in [3.8, 4) is 0 Å². The minimum absolute atomic E-state index is 0.0518. The molecule has 154 valence electrons. The second kappa shape index (κ2) is 18.7. The quantitative estimate of drug-likeness (QED) is 0.275. The van der Waals surface area contributed by atoms with Gasteiger partial charge in [0.25, 0.3) is 0 Å². The third-order valence-corrected chi connectivity index (χ3v) is 4.78. The lowest BCUT2D eigenvalue weighted by atomic mass is 10.0. The summed E-state index contributed by atoms with van der Waals surface area (Å²) in [5.74, 6) is -0.418. The number of hydrogen-bond donors (Lipinski definition) is 2. The zero-order valence-corrected chi connectivity index (χ0v) is 17.2. The van der Waals surface area contributed by atoms with E-state index in [4.69, 9.17) is 10.5 Å². The van der Waals surface area contributed by atoms with Crippen LogP contribution >= 0.6 is 0 Å². The van der Waals surface area contributed by atoms with E-state index in [0.717, 1.165) is 25.7 Å². The fourth-order valence-electron chi connectivity index (χ4n) is 3.10. The van der Waals surface area contributed by atoms with E-state index >= 15 is 0 Å². The van der Waals surface area contributed by atoms with Crippen LogP contribution in [0.1, 0.15) is 103 Å². The summed E-state index contributed by atoms with van der Waals surface area (Å²) in [6, 6.07) is -0.535. The van der Waals surface area contributed by atoms with Gasteiger partial charge in [-0.2, -0.15) is 0 Å². The summed E-state index contributed by atoms with van der Waals surface area (Å²) < 4.78 is 4.77. The standard InChI is InChI=1S/C21H42N2O3/c1-3-4-5-6-7-8-9-10-11-12-13-17-20(24)23-19(21(25)26-2)16-14-15-18-22/h19H,3-18,22H2,1-2H3,(H,23,24)/t19-/m0/s1. The van der Waals surface area contributed by atoms with Crippen LogP contribution in [0.3, 0.4) is 0 Å². The topological polar surface area (TPSA) is 81.4 Å². The molecule has 0 bridgehead atoms. The number of amides is 1. The summed E-state index contributed by atoms with van der Waals surface area (Å²) in [7, 11) is 1.36. The molecule has 0 fully saturated rings. The van der Waals surface area contributed by atoms with E-state index in [1.165, 1.54) is 64.9 Å². The highest BCUT2D eigenvalue weighted by Gasteiger charge is 2.20. The Morgan fingerprint density at radius 3 is 1.88 bits per heavy atom.